The Bertz CT molecular complexity index is 684. The number of fused-ring (bicyclic) bond motifs is 1. The molecule has 1 atom stereocenters. The predicted octanol–water partition coefficient (Wildman–Crippen LogP) is 5.16. The fourth-order valence-electron chi connectivity index (χ4n) is 4.27. The van der Waals surface area contributed by atoms with Gasteiger partial charge in [0.05, 0.1) is 18.0 Å². The minimum absolute atomic E-state index is 0.325. The molecule has 2 heterocycles. The number of nitrogens with zero attached hydrogens (tertiary/aromatic N) is 2. The molecule has 2 aliphatic carbocycles. The van der Waals surface area contributed by atoms with Gasteiger partial charge in [0.1, 0.15) is 11.2 Å². The molecule has 2 aromatic heterocycles. The minimum Gasteiger partial charge on any atom is -0.387 e. The Labute approximate surface area is 142 Å². The molecule has 0 spiro atoms. The zero-order valence-corrected chi connectivity index (χ0v) is 15.3. The third-order valence-electron chi connectivity index (χ3n) is 6.00. The molecule has 0 amide bonds. The molecule has 2 aromatic rings. The minimum atomic E-state index is -0.325. The Hall–Kier alpha value is -0.870. The summed E-state index contributed by atoms with van der Waals surface area (Å²) in [6.45, 7) is 7.06. The zero-order chi connectivity index (χ0) is 16.2. The second-order valence-electron chi connectivity index (χ2n) is 8.65. The van der Waals surface area contributed by atoms with E-state index in [0.717, 1.165) is 24.5 Å². The number of aromatic nitrogens is 2. The van der Waals surface area contributed by atoms with Crippen LogP contribution in [0.15, 0.2) is 12.5 Å². The summed E-state index contributed by atoms with van der Waals surface area (Å²) in [5.41, 5.74) is 1.55. The number of rotatable bonds is 3. The highest BCUT2D eigenvalue weighted by Crippen LogP contribution is 2.50. The second-order valence-corrected chi connectivity index (χ2v) is 9.71. The Balaban J connectivity index is 1.57. The first-order valence-corrected chi connectivity index (χ1v) is 9.89. The first-order valence-electron chi connectivity index (χ1n) is 9.08. The molecular weight excluding hydrogens is 304 g/mol. The Morgan fingerprint density at radius 2 is 1.87 bits per heavy atom. The molecule has 1 N–H and O–H groups in total. The van der Waals surface area contributed by atoms with Crippen molar-refractivity contribution in [2.24, 2.45) is 17.3 Å². The summed E-state index contributed by atoms with van der Waals surface area (Å²) in [6, 6.07) is 0. The summed E-state index contributed by atoms with van der Waals surface area (Å²) >= 11 is 1.84. The highest BCUT2D eigenvalue weighted by Gasteiger charge is 2.37. The molecule has 23 heavy (non-hydrogen) atoms. The van der Waals surface area contributed by atoms with Crippen LogP contribution in [0, 0.1) is 17.3 Å². The van der Waals surface area contributed by atoms with Crippen LogP contribution < -0.4 is 0 Å². The number of aliphatic hydroxyl groups excluding tert-OH is 1. The Kier molecular flexibility index (Phi) is 3.80. The van der Waals surface area contributed by atoms with Gasteiger partial charge in [0, 0.05) is 4.88 Å². The molecule has 3 nitrogen and oxygen atoms in total. The topological polar surface area (TPSA) is 37.5 Å². The largest absolute Gasteiger partial charge is 0.387 e. The fraction of sp³-hybridized carbons (Fsp3) is 0.737. The molecule has 0 aliphatic heterocycles. The van der Waals surface area contributed by atoms with Crippen molar-refractivity contribution < 1.29 is 5.11 Å². The monoisotopic (exact) mass is 332 g/mol. The number of imidazole rings is 1. The molecule has 2 fully saturated rings. The summed E-state index contributed by atoms with van der Waals surface area (Å²) in [4.78, 5) is 6.89. The van der Waals surface area contributed by atoms with Gasteiger partial charge in [0.2, 0.25) is 0 Å². The number of hydrogen-bond acceptors (Lipinski definition) is 3. The third kappa shape index (κ3) is 2.85. The summed E-state index contributed by atoms with van der Waals surface area (Å²) in [7, 11) is 0. The SMILES string of the molecule is CC(C)(C)C1CCC(C(O)c2c(C3CC3)sc3cncn23)CC1. The molecule has 1 unspecified atom stereocenters. The van der Waals surface area contributed by atoms with Crippen LogP contribution in [0.2, 0.25) is 0 Å². The van der Waals surface area contributed by atoms with Crippen molar-refractivity contribution in [3.8, 4) is 0 Å². The summed E-state index contributed by atoms with van der Waals surface area (Å²) in [5.74, 6) is 1.89. The number of aliphatic hydroxyl groups is 1. The molecule has 2 aliphatic rings. The van der Waals surface area contributed by atoms with Gasteiger partial charge in [-0.3, -0.25) is 4.40 Å². The summed E-state index contributed by atoms with van der Waals surface area (Å²) < 4.78 is 2.15. The van der Waals surface area contributed by atoms with Crippen molar-refractivity contribution in [2.75, 3.05) is 0 Å². The van der Waals surface area contributed by atoms with E-state index in [1.807, 2.05) is 23.9 Å². The van der Waals surface area contributed by atoms with Crippen molar-refractivity contribution in [1.29, 1.82) is 0 Å². The maximum Gasteiger partial charge on any atom is 0.120 e. The van der Waals surface area contributed by atoms with Gasteiger partial charge in [0.15, 0.2) is 0 Å². The fourth-order valence-corrected chi connectivity index (χ4v) is 5.58. The maximum absolute atomic E-state index is 11.2. The number of hydrogen-bond donors (Lipinski definition) is 1. The van der Waals surface area contributed by atoms with Crippen LogP contribution in [-0.4, -0.2) is 14.5 Å². The molecule has 2 saturated carbocycles. The lowest BCUT2D eigenvalue weighted by molar-refractivity contribution is 0.0493. The lowest BCUT2D eigenvalue weighted by atomic mass is 9.68. The average molecular weight is 333 g/mol. The van der Waals surface area contributed by atoms with Gasteiger partial charge in [-0.1, -0.05) is 20.8 Å². The van der Waals surface area contributed by atoms with Gasteiger partial charge in [-0.05, 0) is 61.7 Å². The van der Waals surface area contributed by atoms with E-state index in [4.69, 9.17) is 0 Å². The van der Waals surface area contributed by atoms with Crippen LogP contribution >= 0.6 is 11.3 Å². The van der Waals surface area contributed by atoms with E-state index < -0.39 is 0 Å². The van der Waals surface area contributed by atoms with Gasteiger partial charge in [-0.2, -0.15) is 0 Å². The summed E-state index contributed by atoms with van der Waals surface area (Å²) in [5, 5.41) is 11.2. The normalized spacial score (nSPS) is 27.5. The lowest BCUT2D eigenvalue weighted by Gasteiger charge is -2.38. The van der Waals surface area contributed by atoms with Crippen LogP contribution in [0.1, 0.15) is 81.9 Å². The predicted molar refractivity (Wildman–Crippen MR) is 94.9 cm³/mol. The molecule has 4 rings (SSSR count). The van der Waals surface area contributed by atoms with E-state index in [1.54, 1.807) is 0 Å². The quantitative estimate of drug-likeness (QED) is 0.843. The molecule has 0 bridgehead atoms. The van der Waals surface area contributed by atoms with E-state index in [9.17, 15) is 5.11 Å². The molecule has 0 aromatic carbocycles. The first kappa shape index (κ1) is 15.6. The van der Waals surface area contributed by atoms with Crippen LogP contribution in [0.5, 0.6) is 0 Å². The van der Waals surface area contributed by atoms with Crippen LogP contribution in [0.25, 0.3) is 4.83 Å². The van der Waals surface area contributed by atoms with Crippen molar-refractivity contribution in [2.45, 2.75) is 71.3 Å². The molecule has 0 radical (unpaired) electrons. The average Bonchev–Trinajstić information content (AvgIpc) is 3.15. The van der Waals surface area contributed by atoms with Gasteiger partial charge in [-0.15, -0.1) is 11.3 Å². The molecule has 126 valence electrons. The molecule has 0 saturated heterocycles. The van der Waals surface area contributed by atoms with Crippen LogP contribution in [0.3, 0.4) is 0 Å². The van der Waals surface area contributed by atoms with E-state index in [1.165, 1.54) is 35.4 Å². The van der Waals surface area contributed by atoms with Crippen molar-refractivity contribution in [3.63, 3.8) is 0 Å². The van der Waals surface area contributed by atoms with Gasteiger partial charge >= 0.3 is 0 Å². The Morgan fingerprint density at radius 3 is 2.48 bits per heavy atom. The van der Waals surface area contributed by atoms with Crippen molar-refractivity contribution >= 4 is 16.2 Å². The lowest BCUT2D eigenvalue weighted by Crippen LogP contribution is -2.28. The van der Waals surface area contributed by atoms with Crippen molar-refractivity contribution in [3.05, 3.63) is 23.1 Å². The highest BCUT2D eigenvalue weighted by molar-refractivity contribution is 7.17. The van der Waals surface area contributed by atoms with Crippen LogP contribution in [-0.2, 0) is 0 Å². The zero-order valence-electron chi connectivity index (χ0n) is 14.5. The van der Waals surface area contributed by atoms with Crippen molar-refractivity contribution in [1.82, 2.24) is 9.38 Å². The van der Waals surface area contributed by atoms with Crippen LogP contribution in [0.4, 0.5) is 0 Å². The number of thiazole rings is 1. The highest BCUT2D eigenvalue weighted by atomic mass is 32.1. The van der Waals surface area contributed by atoms with Gasteiger partial charge in [-0.25, -0.2) is 4.98 Å². The molecular formula is C19H28N2OS. The standard InChI is InChI=1S/C19H28N2OS/c1-19(2,3)14-8-6-12(7-9-14)17(22)16-18(13-4-5-13)23-15-10-20-11-21(15)16/h10-14,17,22H,4-9H2,1-3H3. The Morgan fingerprint density at radius 1 is 1.17 bits per heavy atom. The maximum atomic E-state index is 11.2. The van der Waals surface area contributed by atoms with E-state index in [2.05, 4.69) is 30.2 Å². The van der Waals surface area contributed by atoms with Gasteiger partial charge < -0.3 is 5.11 Å². The summed E-state index contributed by atoms with van der Waals surface area (Å²) in [6.07, 6.45) is 10.9. The molecule has 4 heteroatoms. The smallest absolute Gasteiger partial charge is 0.120 e. The van der Waals surface area contributed by atoms with E-state index in [0.29, 0.717) is 17.3 Å². The van der Waals surface area contributed by atoms with E-state index in [-0.39, 0.29) is 6.10 Å². The second kappa shape index (κ2) is 5.59. The third-order valence-corrected chi connectivity index (χ3v) is 7.28. The first-order chi connectivity index (χ1) is 10.9. The van der Waals surface area contributed by atoms with E-state index >= 15 is 0 Å². The van der Waals surface area contributed by atoms with Gasteiger partial charge in [0.25, 0.3) is 0 Å².